The maximum absolute atomic E-state index is 12.8. The Labute approximate surface area is 146 Å². The molecule has 0 amide bonds. The molecule has 24 heavy (non-hydrogen) atoms. The van der Waals surface area contributed by atoms with E-state index in [0.29, 0.717) is 0 Å². The van der Waals surface area contributed by atoms with Crippen LogP contribution < -0.4 is 0 Å². The highest BCUT2D eigenvalue weighted by atomic mass is 32.2. The van der Waals surface area contributed by atoms with Gasteiger partial charge in [0.15, 0.2) is 9.84 Å². The van der Waals surface area contributed by atoms with E-state index in [4.69, 9.17) is 17.0 Å². The fourth-order valence-corrected chi connectivity index (χ4v) is 4.89. The summed E-state index contributed by atoms with van der Waals surface area (Å²) < 4.78 is 30.4. The first-order valence-corrected chi connectivity index (χ1v) is 9.38. The van der Waals surface area contributed by atoms with Crippen LogP contribution in [-0.4, -0.2) is 55.0 Å². The molecule has 8 heteroatoms. The molecule has 1 aromatic rings. The summed E-state index contributed by atoms with van der Waals surface area (Å²) in [7, 11) is -2.36. The van der Waals surface area contributed by atoms with Gasteiger partial charge in [0.1, 0.15) is 11.8 Å². The first-order chi connectivity index (χ1) is 11.3. The summed E-state index contributed by atoms with van der Waals surface area (Å²) in [5, 5.41) is -0.783. The molecule has 2 rings (SSSR count). The van der Waals surface area contributed by atoms with Crippen molar-refractivity contribution < 1.29 is 22.7 Å². The Bertz CT molecular complexity index is 745. The van der Waals surface area contributed by atoms with Crippen molar-refractivity contribution in [3.63, 3.8) is 0 Å². The van der Waals surface area contributed by atoms with Crippen molar-refractivity contribution >= 4 is 38.8 Å². The zero-order chi connectivity index (χ0) is 17.9. The number of esters is 1. The van der Waals surface area contributed by atoms with E-state index >= 15 is 0 Å². The second kappa shape index (κ2) is 7.40. The number of rotatable bonds is 5. The number of Topliss-reactive ketones (excluding diaryl/α,β-unsaturated/α-hetero) is 1. The van der Waals surface area contributed by atoms with Crippen molar-refractivity contribution in [3.8, 4) is 0 Å². The predicted octanol–water partition coefficient (Wildman–Crippen LogP) is 1.38. The second-order valence-corrected chi connectivity index (χ2v) is 8.38. The van der Waals surface area contributed by atoms with E-state index in [9.17, 15) is 18.0 Å². The Morgan fingerprint density at radius 2 is 1.92 bits per heavy atom. The van der Waals surface area contributed by atoms with Gasteiger partial charge in [-0.05, 0) is 25.5 Å². The van der Waals surface area contributed by atoms with Gasteiger partial charge in [0.2, 0.25) is 0 Å². The van der Waals surface area contributed by atoms with Crippen molar-refractivity contribution in [2.75, 3.05) is 13.7 Å². The monoisotopic (exact) mass is 369 g/mol. The molecule has 1 aliphatic rings. The van der Waals surface area contributed by atoms with Crippen LogP contribution in [0.1, 0.15) is 19.8 Å². The smallest absolute Gasteiger partial charge is 0.328 e. The summed E-state index contributed by atoms with van der Waals surface area (Å²) in [5.74, 6) is -0.690. The van der Waals surface area contributed by atoms with E-state index in [1.807, 2.05) is 0 Å². The van der Waals surface area contributed by atoms with Crippen LogP contribution in [0.5, 0.6) is 0 Å². The number of hydrogen-bond acceptors (Lipinski definition) is 6. The number of carbonyl (C=O) groups excluding carboxylic acids is 2. The Kier molecular flexibility index (Phi) is 5.71. The number of nitrogens with zero attached hydrogens (tertiary/aromatic N) is 1. The average molecular weight is 369 g/mol. The molecule has 6 nitrogen and oxygen atoms in total. The van der Waals surface area contributed by atoms with Crippen LogP contribution in [0.2, 0.25) is 0 Å². The molecule has 0 N–H and O–H groups in total. The third-order valence-corrected chi connectivity index (χ3v) is 6.49. The van der Waals surface area contributed by atoms with Crippen molar-refractivity contribution in [3.05, 3.63) is 30.3 Å². The summed E-state index contributed by atoms with van der Waals surface area (Å²) in [6, 6.07) is 7.30. The van der Waals surface area contributed by atoms with Crippen molar-refractivity contribution in [1.29, 1.82) is 0 Å². The molecule has 1 saturated heterocycles. The number of sulfone groups is 1. The van der Waals surface area contributed by atoms with Crippen LogP contribution in [-0.2, 0) is 24.2 Å². The van der Waals surface area contributed by atoms with Gasteiger partial charge in [-0.25, -0.2) is 13.2 Å². The fourth-order valence-electron chi connectivity index (χ4n) is 2.77. The number of likely N-dealkylation sites (tertiary alicyclic amines) is 1. The Hall–Kier alpha value is -1.80. The minimum Gasteiger partial charge on any atom is -0.467 e. The van der Waals surface area contributed by atoms with Crippen molar-refractivity contribution in [2.24, 2.45) is 0 Å². The van der Waals surface area contributed by atoms with Gasteiger partial charge in [-0.3, -0.25) is 4.79 Å². The van der Waals surface area contributed by atoms with Gasteiger partial charge in [0.05, 0.1) is 28.7 Å². The normalized spacial score (nSPS) is 20.7. The molecule has 0 saturated carbocycles. The molecule has 0 spiro atoms. The number of ketones is 1. The van der Waals surface area contributed by atoms with Crippen molar-refractivity contribution in [2.45, 2.75) is 36.0 Å². The number of hydrogen-bond donors (Lipinski definition) is 0. The average Bonchev–Trinajstić information content (AvgIpc) is 3.00. The third kappa shape index (κ3) is 3.81. The summed E-state index contributed by atoms with van der Waals surface area (Å²) in [5.41, 5.74) is 0. The zero-order valence-corrected chi connectivity index (χ0v) is 15.1. The number of ether oxygens (including phenoxy) is 1. The molecular weight excluding hydrogens is 350 g/mol. The highest BCUT2D eigenvalue weighted by Gasteiger charge is 2.44. The molecule has 1 heterocycles. The van der Waals surface area contributed by atoms with Gasteiger partial charge in [-0.2, -0.15) is 0 Å². The summed E-state index contributed by atoms with van der Waals surface area (Å²) in [6.45, 7) is 1.47. The van der Waals surface area contributed by atoms with E-state index < -0.39 is 27.1 Å². The van der Waals surface area contributed by atoms with Crippen LogP contribution in [0.25, 0.3) is 0 Å². The molecule has 2 atom stereocenters. The van der Waals surface area contributed by atoms with Gasteiger partial charge in [0, 0.05) is 6.54 Å². The van der Waals surface area contributed by atoms with Gasteiger partial charge in [0.25, 0.3) is 0 Å². The predicted molar refractivity (Wildman–Crippen MR) is 92.4 cm³/mol. The molecule has 130 valence electrons. The quantitative estimate of drug-likeness (QED) is 0.573. The SMILES string of the molecule is COC(=O)C1C[C@@H](S(=O)(=O)c2ccccc2)CN1C(=S)CC(C)=O. The molecule has 0 bridgehead atoms. The first kappa shape index (κ1) is 18.5. The number of carbonyl (C=O) groups is 2. The number of thiocarbonyl (C=S) groups is 1. The molecular formula is C16H19NO5S2. The van der Waals surface area contributed by atoms with Crippen molar-refractivity contribution in [1.82, 2.24) is 4.90 Å². The molecule has 1 aromatic carbocycles. The van der Waals surface area contributed by atoms with E-state index in [0.717, 1.165) is 0 Å². The van der Waals surface area contributed by atoms with Crippen LogP contribution in [0.4, 0.5) is 0 Å². The van der Waals surface area contributed by atoms with Crippen LogP contribution >= 0.6 is 12.2 Å². The van der Waals surface area contributed by atoms with Gasteiger partial charge >= 0.3 is 5.97 Å². The third-order valence-electron chi connectivity index (χ3n) is 3.97. The Morgan fingerprint density at radius 3 is 2.46 bits per heavy atom. The topological polar surface area (TPSA) is 80.8 Å². The van der Waals surface area contributed by atoms with Gasteiger partial charge in [-0.1, -0.05) is 30.4 Å². The Morgan fingerprint density at radius 1 is 1.29 bits per heavy atom. The van der Waals surface area contributed by atoms with Crippen LogP contribution in [0.15, 0.2) is 35.2 Å². The summed E-state index contributed by atoms with van der Waals surface area (Å²) >= 11 is 5.23. The number of benzene rings is 1. The lowest BCUT2D eigenvalue weighted by Crippen LogP contribution is -2.41. The molecule has 0 radical (unpaired) electrons. The lowest BCUT2D eigenvalue weighted by molar-refractivity contribution is -0.144. The molecule has 0 aliphatic carbocycles. The fraction of sp³-hybridized carbons (Fsp3) is 0.438. The van der Waals surface area contributed by atoms with Gasteiger partial charge < -0.3 is 9.64 Å². The molecule has 0 aromatic heterocycles. The molecule has 1 unspecified atom stereocenters. The van der Waals surface area contributed by atoms with Crippen LogP contribution in [0.3, 0.4) is 0 Å². The maximum atomic E-state index is 12.8. The largest absolute Gasteiger partial charge is 0.467 e. The van der Waals surface area contributed by atoms with E-state index in [1.165, 1.54) is 31.1 Å². The summed E-state index contributed by atoms with van der Waals surface area (Å²) in [6.07, 6.45) is 0.0862. The lowest BCUT2D eigenvalue weighted by Gasteiger charge is -2.24. The van der Waals surface area contributed by atoms with Gasteiger partial charge in [-0.15, -0.1) is 0 Å². The molecule has 1 fully saturated rings. The minimum absolute atomic E-state index is 0.000925. The molecule has 1 aliphatic heterocycles. The minimum atomic E-state index is -3.60. The van der Waals surface area contributed by atoms with E-state index in [-0.39, 0.29) is 35.1 Å². The maximum Gasteiger partial charge on any atom is 0.328 e. The Balaban J connectivity index is 2.30. The number of methoxy groups -OCH3 is 1. The van der Waals surface area contributed by atoms with Crippen LogP contribution in [0, 0.1) is 0 Å². The highest BCUT2D eigenvalue weighted by molar-refractivity contribution is 7.92. The highest BCUT2D eigenvalue weighted by Crippen LogP contribution is 2.29. The second-order valence-electron chi connectivity index (χ2n) is 5.68. The standard InChI is InChI=1S/C16H19NO5S2/c1-11(18)8-15(23)17-10-13(9-14(17)16(19)22-2)24(20,21)12-6-4-3-5-7-12/h3-7,13-14H,8-10H2,1-2H3/t13-,14?/m1/s1. The van der Waals surface area contributed by atoms with E-state index in [2.05, 4.69) is 0 Å². The lowest BCUT2D eigenvalue weighted by atomic mass is 10.2. The first-order valence-electron chi connectivity index (χ1n) is 7.43. The summed E-state index contributed by atoms with van der Waals surface area (Å²) in [4.78, 5) is 25.3. The zero-order valence-electron chi connectivity index (χ0n) is 13.5. The van der Waals surface area contributed by atoms with E-state index in [1.54, 1.807) is 18.2 Å².